The Morgan fingerprint density at radius 3 is 1.03 bits per heavy atom. The molecule has 0 aromatic heterocycles. The number of carbonyl (C=O) groups excluding carboxylic acids is 2. The van der Waals surface area contributed by atoms with Crippen molar-refractivity contribution in [2.24, 2.45) is 0 Å². The van der Waals surface area contributed by atoms with Gasteiger partial charge in [0.1, 0.15) is 0 Å². The van der Waals surface area contributed by atoms with Gasteiger partial charge in [0.15, 0.2) is 0 Å². The van der Waals surface area contributed by atoms with Crippen molar-refractivity contribution in [3.05, 3.63) is 0 Å². The van der Waals surface area contributed by atoms with E-state index in [1.807, 2.05) is 0 Å². The zero-order chi connectivity index (χ0) is 25.3. The molecule has 8 heteroatoms. The third-order valence-electron chi connectivity index (χ3n) is 6.02. The van der Waals surface area contributed by atoms with E-state index in [0.29, 0.717) is 39.0 Å². The first-order valence-electron chi connectivity index (χ1n) is 13.7. The van der Waals surface area contributed by atoms with E-state index in [4.69, 9.17) is 10.4 Å². The molecule has 0 heterocycles. The molecule has 202 valence electrons. The summed E-state index contributed by atoms with van der Waals surface area (Å²) in [6, 6.07) is 0. The van der Waals surface area contributed by atoms with Gasteiger partial charge >= 0.3 is 0 Å². The number of unbranched alkanes of at least 4 members (excludes halogenated alkanes) is 13. The van der Waals surface area contributed by atoms with Crippen LogP contribution in [-0.2, 0) is 9.59 Å². The zero-order valence-corrected chi connectivity index (χ0v) is 22.2. The van der Waals surface area contributed by atoms with Crippen molar-refractivity contribution in [2.45, 2.75) is 116 Å². The van der Waals surface area contributed by atoms with Gasteiger partial charge in [0.2, 0.25) is 11.8 Å². The van der Waals surface area contributed by atoms with Gasteiger partial charge in [0, 0.05) is 53.1 Å². The van der Waals surface area contributed by atoms with Crippen LogP contribution in [0.1, 0.15) is 116 Å². The summed E-state index contributed by atoms with van der Waals surface area (Å²) in [6.45, 7) is 2.42. The molecular weight excluding hydrogens is 432 g/mol. The van der Waals surface area contributed by atoms with Crippen LogP contribution >= 0.6 is 0 Å². The van der Waals surface area contributed by atoms with Gasteiger partial charge in [-0.15, -0.1) is 0 Å². The molecule has 0 unspecified atom stereocenters. The molecule has 0 aromatic carbocycles. The topological polar surface area (TPSA) is 105 Å². The molecule has 0 bridgehead atoms. The molecule has 34 heavy (non-hydrogen) atoms. The van der Waals surface area contributed by atoms with Crippen molar-refractivity contribution in [3.8, 4) is 0 Å². The second-order valence-electron chi connectivity index (χ2n) is 9.62. The smallest absolute Gasteiger partial charge is 0.219 e. The van der Waals surface area contributed by atoms with Crippen molar-refractivity contribution in [3.63, 3.8) is 0 Å². The van der Waals surface area contributed by atoms with Gasteiger partial charge in [-0.25, -0.2) is 0 Å². The van der Waals surface area contributed by atoms with E-state index in [1.54, 1.807) is 14.1 Å². The highest BCUT2D eigenvalue weighted by Gasteiger charge is 2.02. The van der Waals surface area contributed by atoms with Crippen molar-refractivity contribution in [1.29, 1.82) is 0 Å². The molecule has 0 aliphatic rings. The minimum Gasteiger partial charge on any atom is -0.356 e. The molecule has 0 aromatic rings. The third-order valence-corrected chi connectivity index (χ3v) is 6.02. The highest BCUT2D eigenvalue weighted by molar-refractivity contribution is 5.76. The van der Waals surface area contributed by atoms with Crippen LogP contribution in [0, 0.1) is 0 Å². The average molecular weight is 487 g/mol. The maximum absolute atomic E-state index is 11.7. The number of rotatable bonds is 25. The predicted octanol–water partition coefficient (Wildman–Crippen LogP) is 4.88. The fourth-order valence-electron chi connectivity index (χ4n) is 3.94. The lowest BCUT2D eigenvalue weighted by atomic mass is 10.0. The van der Waals surface area contributed by atoms with Crippen LogP contribution in [-0.4, -0.2) is 72.6 Å². The number of hydrogen-bond donors (Lipinski definition) is 4. The molecule has 0 atom stereocenters. The summed E-state index contributed by atoms with van der Waals surface area (Å²) in [5.41, 5.74) is 0. The van der Waals surface area contributed by atoms with E-state index in [0.717, 1.165) is 48.7 Å². The highest BCUT2D eigenvalue weighted by Crippen LogP contribution is 2.13. The lowest BCUT2D eigenvalue weighted by Crippen LogP contribution is -2.26. The minimum absolute atomic E-state index is 0.129. The second kappa shape index (κ2) is 24.9. The fourth-order valence-corrected chi connectivity index (χ4v) is 3.94. The Balaban J connectivity index is 3.20. The lowest BCUT2D eigenvalue weighted by Gasteiger charge is -2.08. The summed E-state index contributed by atoms with van der Waals surface area (Å²) in [6.07, 6.45) is 19.9. The molecule has 0 saturated heterocycles. The fraction of sp³-hybridized carbons (Fsp3) is 0.923. The van der Waals surface area contributed by atoms with Gasteiger partial charge in [-0.05, 0) is 25.7 Å². The first kappa shape index (κ1) is 32.8. The number of hydroxylamine groups is 4. The maximum Gasteiger partial charge on any atom is 0.219 e. The largest absolute Gasteiger partial charge is 0.356 e. The molecule has 0 aliphatic heterocycles. The summed E-state index contributed by atoms with van der Waals surface area (Å²) < 4.78 is 0. The molecule has 0 radical (unpaired) electrons. The standard InChI is InChI=1S/C26H54N4O4/c1-29(33)23-17-21-27-25(31)19-15-13-11-9-7-5-3-4-6-8-10-12-14-16-20-26(32)28-22-18-24-30(2)34/h33-34H,3-24H2,1-2H3,(H,27,31)(H,28,32). The molecular formula is C26H54N4O4. The molecule has 0 rings (SSSR count). The van der Waals surface area contributed by atoms with Crippen molar-refractivity contribution in [2.75, 3.05) is 40.3 Å². The molecule has 0 aliphatic carbocycles. The highest BCUT2D eigenvalue weighted by atomic mass is 16.5. The van der Waals surface area contributed by atoms with Crippen LogP contribution in [0.3, 0.4) is 0 Å². The van der Waals surface area contributed by atoms with Crippen LogP contribution in [0.4, 0.5) is 0 Å². The van der Waals surface area contributed by atoms with Crippen molar-refractivity contribution in [1.82, 2.24) is 20.8 Å². The summed E-state index contributed by atoms with van der Waals surface area (Å²) in [5.74, 6) is 0.259. The summed E-state index contributed by atoms with van der Waals surface area (Å²) in [5, 5.41) is 26.1. The zero-order valence-electron chi connectivity index (χ0n) is 22.2. The average Bonchev–Trinajstić information content (AvgIpc) is 2.79. The maximum atomic E-state index is 11.7. The molecule has 8 nitrogen and oxygen atoms in total. The minimum atomic E-state index is 0.129. The van der Waals surface area contributed by atoms with Crippen LogP contribution in [0.15, 0.2) is 0 Å². The van der Waals surface area contributed by atoms with Gasteiger partial charge in [0.05, 0.1) is 0 Å². The van der Waals surface area contributed by atoms with Gasteiger partial charge in [-0.1, -0.05) is 77.0 Å². The van der Waals surface area contributed by atoms with Crippen molar-refractivity contribution < 1.29 is 20.0 Å². The first-order chi connectivity index (χ1) is 16.4. The van der Waals surface area contributed by atoms with Crippen LogP contribution in [0.2, 0.25) is 0 Å². The summed E-state index contributed by atoms with van der Waals surface area (Å²) >= 11 is 0. The Morgan fingerprint density at radius 1 is 0.500 bits per heavy atom. The third kappa shape index (κ3) is 27.0. The summed E-state index contributed by atoms with van der Waals surface area (Å²) in [4.78, 5) is 23.4. The van der Waals surface area contributed by atoms with E-state index in [2.05, 4.69) is 10.6 Å². The first-order valence-corrected chi connectivity index (χ1v) is 13.7. The second-order valence-corrected chi connectivity index (χ2v) is 9.62. The number of carbonyl (C=O) groups is 2. The molecule has 0 fully saturated rings. The normalized spacial score (nSPS) is 11.4. The number of nitrogens with one attached hydrogen (secondary N) is 2. The Kier molecular flexibility index (Phi) is 24.0. The molecule has 0 spiro atoms. The van der Waals surface area contributed by atoms with Crippen LogP contribution in [0.5, 0.6) is 0 Å². The lowest BCUT2D eigenvalue weighted by molar-refractivity contribution is -0.122. The molecule has 0 saturated carbocycles. The molecule has 4 N–H and O–H groups in total. The predicted molar refractivity (Wildman–Crippen MR) is 138 cm³/mol. The van der Waals surface area contributed by atoms with Gasteiger partial charge < -0.3 is 21.0 Å². The van der Waals surface area contributed by atoms with Gasteiger partial charge in [0.25, 0.3) is 0 Å². The van der Waals surface area contributed by atoms with E-state index in [9.17, 15) is 9.59 Å². The van der Waals surface area contributed by atoms with E-state index < -0.39 is 0 Å². The quantitative estimate of drug-likeness (QED) is 0.108. The van der Waals surface area contributed by atoms with Crippen LogP contribution < -0.4 is 10.6 Å². The SMILES string of the molecule is CN(O)CCCNC(=O)CCCCCCCCCCCCCCCCC(=O)NCCCN(C)O. The monoisotopic (exact) mass is 486 g/mol. The van der Waals surface area contributed by atoms with Crippen LogP contribution in [0.25, 0.3) is 0 Å². The summed E-state index contributed by atoms with van der Waals surface area (Å²) in [7, 11) is 3.22. The number of amides is 2. The van der Waals surface area contributed by atoms with Gasteiger partial charge in [-0.3, -0.25) is 9.59 Å². The van der Waals surface area contributed by atoms with E-state index in [1.165, 1.54) is 64.2 Å². The molecule has 2 amide bonds. The Morgan fingerprint density at radius 2 is 0.765 bits per heavy atom. The van der Waals surface area contributed by atoms with Gasteiger partial charge in [-0.2, -0.15) is 10.1 Å². The Labute approximate surface area is 208 Å². The Bertz CT molecular complexity index is 434. The van der Waals surface area contributed by atoms with E-state index >= 15 is 0 Å². The van der Waals surface area contributed by atoms with E-state index in [-0.39, 0.29) is 11.8 Å². The number of nitrogens with zero attached hydrogens (tertiary/aromatic N) is 2. The van der Waals surface area contributed by atoms with Crippen molar-refractivity contribution >= 4 is 11.8 Å². The Hall–Kier alpha value is -1.22. The number of hydrogen-bond acceptors (Lipinski definition) is 6.